The van der Waals surface area contributed by atoms with Crippen LogP contribution in [-0.2, 0) is 0 Å². The molecule has 2 aromatic rings. The van der Waals surface area contributed by atoms with E-state index in [0.717, 1.165) is 11.1 Å². The highest BCUT2D eigenvalue weighted by atomic mass is 79.9. The average Bonchev–Trinajstić information content (AvgIpc) is 2.33. The monoisotopic (exact) mass is 312 g/mol. The van der Waals surface area contributed by atoms with Crippen LogP contribution in [-0.4, -0.2) is 0 Å². The van der Waals surface area contributed by atoms with Crippen LogP contribution < -0.4 is 0 Å². The van der Waals surface area contributed by atoms with Gasteiger partial charge in [0.15, 0.2) is 0 Å². The molecule has 1 atom stereocenters. The quantitative estimate of drug-likeness (QED) is 0.666. The molecular formula is C14H11BrClF. The first-order valence-corrected chi connectivity index (χ1v) is 6.47. The molecule has 0 aliphatic heterocycles. The van der Waals surface area contributed by atoms with Crippen molar-refractivity contribution in [3.63, 3.8) is 0 Å². The number of benzene rings is 2. The van der Waals surface area contributed by atoms with Gasteiger partial charge in [0, 0.05) is 0 Å². The van der Waals surface area contributed by atoms with Crippen molar-refractivity contribution in [3.05, 3.63) is 69.4 Å². The second kappa shape index (κ2) is 5.19. The van der Waals surface area contributed by atoms with E-state index in [4.69, 9.17) is 11.6 Å². The van der Waals surface area contributed by atoms with Gasteiger partial charge in [-0.1, -0.05) is 42.0 Å². The second-order valence-electron chi connectivity index (χ2n) is 3.92. The molecule has 0 saturated heterocycles. The molecule has 88 valence electrons. The molecule has 0 amide bonds. The Labute approximate surface area is 114 Å². The van der Waals surface area contributed by atoms with Crippen LogP contribution in [0.5, 0.6) is 0 Å². The zero-order valence-corrected chi connectivity index (χ0v) is 11.6. The minimum absolute atomic E-state index is 0.291. The van der Waals surface area contributed by atoms with Crippen molar-refractivity contribution in [2.45, 2.75) is 12.3 Å². The van der Waals surface area contributed by atoms with Crippen molar-refractivity contribution in [1.29, 1.82) is 0 Å². The highest BCUT2D eigenvalue weighted by molar-refractivity contribution is 9.10. The highest BCUT2D eigenvalue weighted by Gasteiger charge is 2.15. The molecule has 0 aliphatic carbocycles. The molecule has 1 unspecified atom stereocenters. The molecule has 0 aliphatic rings. The molecule has 0 heterocycles. The normalized spacial score (nSPS) is 12.5. The zero-order chi connectivity index (χ0) is 12.4. The first-order chi connectivity index (χ1) is 8.09. The van der Waals surface area contributed by atoms with Crippen molar-refractivity contribution in [2.24, 2.45) is 0 Å². The number of hydrogen-bond donors (Lipinski definition) is 0. The summed E-state index contributed by atoms with van der Waals surface area (Å²) >= 11 is 9.60. The summed E-state index contributed by atoms with van der Waals surface area (Å²) in [5.74, 6) is -0.291. The molecule has 3 heteroatoms. The topological polar surface area (TPSA) is 0 Å². The molecule has 0 fully saturated rings. The van der Waals surface area contributed by atoms with E-state index in [1.807, 2.05) is 37.3 Å². The lowest BCUT2D eigenvalue weighted by Gasteiger charge is -2.13. The summed E-state index contributed by atoms with van der Waals surface area (Å²) in [6.07, 6.45) is 0. The van der Waals surface area contributed by atoms with Crippen LogP contribution >= 0.6 is 27.5 Å². The maximum Gasteiger partial charge on any atom is 0.137 e. The first kappa shape index (κ1) is 12.6. The van der Waals surface area contributed by atoms with Gasteiger partial charge < -0.3 is 0 Å². The van der Waals surface area contributed by atoms with Gasteiger partial charge >= 0.3 is 0 Å². The van der Waals surface area contributed by atoms with Gasteiger partial charge in [-0.15, -0.1) is 11.6 Å². The average molecular weight is 314 g/mol. The van der Waals surface area contributed by atoms with Crippen molar-refractivity contribution in [2.75, 3.05) is 0 Å². The maximum atomic E-state index is 13.4. The van der Waals surface area contributed by atoms with E-state index in [9.17, 15) is 4.39 Å². The Balaban J connectivity index is 2.40. The van der Waals surface area contributed by atoms with Crippen LogP contribution in [0.25, 0.3) is 0 Å². The van der Waals surface area contributed by atoms with Gasteiger partial charge in [0.05, 0.1) is 9.85 Å². The van der Waals surface area contributed by atoms with Crippen LogP contribution in [0.2, 0.25) is 0 Å². The number of rotatable bonds is 2. The lowest BCUT2D eigenvalue weighted by Crippen LogP contribution is -1.96. The molecule has 0 bridgehead atoms. The molecule has 0 aromatic heterocycles. The summed E-state index contributed by atoms with van der Waals surface area (Å²) in [6.45, 7) is 2.02. The van der Waals surface area contributed by atoms with Crippen LogP contribution in [0, 0.1) is 12.7 Å². The predicted octanol–water partition coefficient (Wildman–Crippen LogP) is 5.22. The van der Waals surface area contributed by atoms with Gasteiger partial charge in [-0.2, -0.15) is 0 Å². The van der Waals surface area contributed by atoms with Crippen LogP contribution in [0.4, 0.5) is 4.39 Å². The van der Waals surface area contributed by atoms with Crippen molar-refractivity contribution in [3.8, 4) is 0 Å². The third-order valence-corrected chi connectivity index (χ3v) is 3.95. The fraction of sp³-hybridized carbons (Fsp3) is 0.143. The SMILES string of the molecule is Cc1ccc(C(Cl)c2cccc(F)c2Br)cc1. The molecule has 2 aromatic carbocycles. The highest BCUT2D eigenvalue weighted by Crippen LogP contribution is 2.34. The maximum absolute atomic E-state index is 13.4. The summed E-state index contributed by atoms with van der Waals surface area (Å²) in [6, 6.07) is 12.8. The molecule has 17 heavy (non-hydrogen) atoms. The standard InChI is InChI=1S/C14H11BrClF/c1-9-5-7-10(8-6-9)14(16)11-3-2-4-12(17)13(11)15/h2-8,14H,1H3. The van der Waals surface area contributed by atoms with Gasteiger partial charge in [-0.25, -0.2) is 4.39 Å². The van der Waals surface area contributed by atoms with Crippen LogP contribution in [0.15, 0.2) is 46.9 Å². The Kier molecular flexibility index (Phi) is 3.85. The summed E-state index contributed by atoms with van der Waals surface area (Å²) in [4.78, 5) is 0. The van der Waals surface area contributed by atoms with Crippen LogP contribution in [0.3, 0.4) is 0 Å². The molecule has 0 nitrogen and oxygen atoms in total. The fourth-order valence-corrected chi connectivity index (χ4v) is 2.58. The Morgan fingerprint density at radius 2 is 1.76 bits per heavy atom. The van der Waals surface area contributed by atoms with Gasteiger partial charge in [0.2, 0.25) is 0 Å². The van der Waals surface area contributed by atoms with E-state index in [-0.39, 0.29) is 11.2 Å². The predicted molar refractivity (Wildman–Crippen MR) is 73.0 cm³/mol. The van der Waals surface area contributed by atoms with E-state index < -0.39 is 0 Å². The second-order valence-corrected chi connectivity index (χ2v) is 5.15. The van der Waals surface area contributed by atoms with Gasteiger partial charge in [-0.3, -0.25) is 0 Å². The van der Waals surface area contributed by atoms with Crippen molar-refractivity contribution in [1.82, 2.24) is 0 Å². The largest absolute Gasteiger partial charge is 0.206 e. The smallest absolute Gasteiger partial charge is 0.137 e. The summed E-state index contributed by atoms with van der Waals surface area (Å²) in [5, 5.41) is -0.347. The molecule has 0 N–H and O–H groups in total. The number of hydrogen-bond acceptors (Lipinski definition) is 0. The van der Waals surface area contributed by atoms with Crippen molar-refractivity contribution < 1.29 is 4.39 Å². The summed E-state index contributed by atoms with van der Waals surface area (Å²) in [7, 11) is 0. The molecular weight excluding hydrogens is 303 g/mol. The molecule has 2 rings (SSSR count). The Bertz CT molecular complexity index is 522. The fourth-order valence-electron chi connectivity index (χ4n) is 1.63. The summed E-state index contributed by atoms with van der Waals surface area (Å²) < 4.78 is 13.8. The minimum atomic E-state index is -0.347. The van der Waals surface area contributed by atoms with E-state index >= 15 is 0 Å². The Hall–Kier alpha value is -0.860. The van der Waals surface area contributed by atoms with E-state index in [1.54, 1.807) is 6.07 Å². The zero-order valence-electron chi connectivity index (χ0n) is 9.25. The van der Waals surface area contributed by atoms with E-state index in [0.29, 0.717) is 4.47 Å². The van der Waals surface area contributed by atoms with Gasteiger partial charge in [0.1, 0.15) is 5.82 Å². The third kappa shape index (κ3) is 2.70. The Morgan fingerprint density at radius 1 is 1.12 bits per heavy atom. The molecule has 0 saturated carbocycles. The van der Waals surface area contributed by atoms with E-state index in [2.05, 4.69) is 15.9 Å². The Morgan fingerprint density at radius 3 is 2.41 bits per heavy atom. The first-order valence-electron chi connectivity index (χ1n) is 5.24. The summed E-state index contributed by atoms with van der Waals surface area (Å²) in [5.41, 5.74) is 2.88. The lowest BCUT2D eigenvalue weighted by molar-refractivity contribution is 0.618. The molecule has 0 spiro atoms. The number of halogens is 3. The minimum Gasteiger partial charge on any atom is -0.206 e. The van der Waals surface area contributed by atoms with E-state index in [1.165, 1.54) is 11.6 Å². The third-order valence-electron chi connectivity index (χ3n) is 2.62. The van der Waals surface area contributed by atoms with Gasteiger partial charge in [-0.05, 0) is 40.0 Å². The number of alkyl halides is 1. The molecule has 0 radical (unpaired) electrons. The lowest BCUT2D eigenvalue weighted by atomic mass is 10.0. The van der Waals surface area contributed by atoms with Gasteiger partial charge in [0.25, 0.3) is 0 Å². The number of aryl methyl sites for hydroxylation is 1. The van der Waals surface area contributed by atoms with Crippen molar-refractivity contribution >= 4 is 27.5 Å². The van der Waals surface area contributed by atoms with Crippen LogP contribution in [0.1, 0.15) is 22.1 Å².